The molecule has 7 rings (SSSR count). The van der Waals surface area contributed by atoms with Crippen molar-refractivity contribution >= 4 is 141 Å². The van der Waals surface area contributed by atoms with Gasteiger partial charge in [-0.1, -0.05) is 270 Å². The lowest BCUT2D eigenvalue weighted by Gasteiger charge is -2.21. The molecule has 1 unspecified atom stereocenters. The molecule has 1 saturated heterocycles. The van der Waals surface area contributed by atoms with Crippen LogP contribution in [-0.4, -0.2) is 102 Å². The smallest absolute Gasteiger partial charge is 0.339 e. The zero-order valence-corrected chi connectivity index (χ0v) is 77.2. The molecule has 1 aliphatic rings. The maximum absolute atomic E-state index is 12.6. The van der Waals surface area contributed by atoms with E-state index >= 15 is 0 Å². The van der Waals surface area contributed by atoms with Crippen molar-refractivity contribution in [3.63, 3.8) is 0 Å². The molecule has 6 aromatic rings. The summed E-state index contributed by atoms with van der Waals surface area (Å²) in [7, 11) is 6.40. The van der Waals surface area contributed by atoms with Crippen LogP contribution in [0.2, 0.25) is 0 Å². The number of aliphatic hydroxyl groups excluding tert-OH is 2. The summed E-state index contributed by atoms with van der Waals surface area (Å²) >= 11 is 13.1. The summed E-state index contributed by atoms with van der Waals surface area (Å²) in [6.07, 6.45) is 47.4. The summed E-state index contributed by atoms with van der Waals surface area (Å²) in [5.74, 6) is -2.75. The normalized spacial score (nSPS) is 12.2. The minimum atomic E-state index is -1.16. The summed E-state index contributed by atoms with van der Waals surface area (Å²) in [6, 6.07) is 33.0. The standard InChI is InChI=1S/C23H38O2.C23H34O2.C18H25Br.C8H5BrO4.C8H9BrO2.C8H5BrO2.C4H7BO.C2H7P/c2*1-6-8-10-12-14-19-16-17-21(22(24)25-23(3,4)5)20(18-19)15-13-11-9-7-2;1-3-5-7-9-11-16-13-14-18(19)17(15-16)12-10-8-6-4-2;9-6-2-1-4(7(10)11)3-5(6)8(12)13;2*9-8-2-1-6(4-10)3-7(8)5-11;5-4-2-1-3-6-4;1-3-2/h16-18H,6-15H2,1-5H3;12-18H,6-11H2,1-5H3;9-15H,3-8H2,1-2H3;1-3H,(H,10,11)(H,12,13);1-3,10-11H,4-5H2;1-5H;4H,1-3H2;3H,1-2H3. The van der Waals surface area contributed by atoms with Crippen LogP contribution >= 0.6 is 72.3 Å². The summed E-state index contributed by atoms with van der Waals surface area (Å²) < 4.78 is 19.2. The predicted molar refractivity (Wildman–Crippen MR) is 491 cm³/mol. The Morgan fingerprint density at radius 1 is 0.460 bits per heavy atom. The van der Waals surface area contributed by atoms with Crippen molar-refractivity contribution in [1.82, 2.24) is 0 Å². The molecule has 19 heteroatoms. The lowest BCUT2D eigenvalue weighted by Crippen LogP contribution is -2.24. The number of benzene rings is 6. The van der Waals surface area contributed by atoms with Crippen LogP contribution in [0.3, 0.4) is 0 Å². The van der Waals surface area contributed by atoms with E-state index in [0.29, 0.717) is 38.2 Å². The van der Waals surface area contributed by atoms with Crippen LogP contribution in [0.15, 0.2) is 151 Å². The predicted octanol–water partition coefficient (Wildman–Crippen LogP) is 27.4. The third kappa shape index (κ3) is 51.5. The number of carboxylic acid groups (broad SMARTS) is 2. The maximum atomic E-state index is 12.6. The molecule has 1 heterocycles. The largest absolute Gasteiger partial charge is 0.478 e. The molecule has 0 bridgehead atoms. The molecule has 6 aromatic carbocycles. The number of ether oxygens (including phenoxy) is 3. The van der Waals surface area contributed by atoms with Gasteiger partial charge in [-0.05, 0) is 246 Å². The molecule has 0 saturated carbocycles. The van der Waals surface area contributed by atoms with E-state index in [0.717, 1.165) is 105 Å². The van der Waals surface area contributed by atoms with Crippen LogP contribution in [0.25, 0.3) is 24.3 Å². The van der Waals surface area contributed by atoms with Gasteiger partial charge in [0, 0.05) is 41.6 Å². The Balaban J connectivity index is 0.00000133. The number of aromatic carboxylic acids is 2. The molecule has 4 N–H and O–H groups in total. The van der Waals surface area contributed by atoms with Crippen molar-refractivity contribution in [2.24, 2.45) is 0 Å². The number of unbranched alkanes of at least 4 members (excludes halogenated alkanes) is 14. The highest BCUT2D eigenvalue weighted by Crippen LogP contribution is 2.26. The lowest BCUT2D eigenvalue weighted by molar-refractivity contribution is 0.00561. The lowest BCUT2D eigenvalue weighted by atomic mass is 9.96. The van der Waals surface area contributed by atoms with Gasteiger partial charge in [0.25, 0.3) is 0 Å². The second kappa shape index (κ2) is 64.9. The van der Waals surface area contributed by atoms with E-state index in [1.54, 1.807) is 18.2 Å². The van der Waals surface area contributed by atoms with Gasteiger partial charge in [-0.2, -0.15) is 0 Å². The highest BCUT2D eigenvalue weighted by atomic mass is 79.9. The number of hydrogen-bond acceptors (Lipinski definition) is 11. The average molecular weight is 1830 g/mol. The molecule has 1 atom stereocenters. The van der Waals surface area contributed by atoms with Gasteiger partial charge in [0.2, 0.25) is 0 Å². The molecule has 0 aromatic heterocycles. The van der Waals surface area contributed by atoms with Crippen molar-refractivity contribution in [3.8, 4) is 0 Å². The quantitative estimate of drug-likeness (QED) is 0.00975. The van der Waals surface area contributed by atoms with Crippen LogP contribution in [0, 0.1) is 0 Å². The van der Waals surface area contributed by atoms with Gasteiger partial charge >= 0.3 is 23.9 Å². The number of carbonyl (C=O) groups excluding carboxylic acids is 4. The van der Waals surface area contributed by atoms with Gasteiger partial charge < -0.3 is 34.6 Å². The molecular formula is C94H130BBr4O13P. The summed E-state index contributed by atoms with van der Waals surface area (Å²) in [6.45, 7) is 29.9. The fourth-order valence-corrected chi connectivity index (χ4v) is 11.8. The van der Waals surface area contributed by atoms with Crippen LogP contribution < -0.4 is 0 Å². The minimum Gasteiger partial charge on any atom is -0.478 e. The van der Waals surface area contributed by atoms with Gasteiger partial charge in [0.05, 0.1) is 35.5 Å². The third-order valence-corrected chi connectivity index (χ3v) is 19.3. The monoisotopic (exact) mass is 1820 g/mol. The number of aldehydes is 2. The number of aryl methyl sites for hydroxylation is 2. The first-order chi connectivity index (χ1) is 53.9. The van der Waals surface area contributed by atoms with Gasteiger partial charge in [0.15, 0.2) is 6.29 Å². The van der Waals surface area contributed by atoms with Crippen molar-refractivity contribution in [2.45, 2.75) is 268 Å². The molecule has 13 nitrogen and oxygen atoms in total. The average Bonchev–Trinajstić information content (AvgIpc) is 0.997. The van der Waals surface area contributed by atoms with Crippen LogP contribution in [0.5, 0.6) is 0 Å². The van der Waals surface area contributed by atoms with Crippen LogP contribution in [0.4, 0.5) is 0 Å². The van der Waals surface area contributed by atoms with E-state index in [2.05, 4.69) is 204 Å². The van der Waals surface area contributed by atoms with E-state index in [4.69, 9.17) is 42.5 Å². The van der Waals surface area contributed by atoms with Crippen molar-refractivity contribution in [2.75, 3.05) is 19.9 Å². The maximum Gasteiger partial charge on any atom is 0.339 e. The van der Waals surface area contributed by atoms with Crippen molar-refractivity contribution < 1.29 is 63.4 Å². The highest BCUT2D eigenvalue weighted by Gasteiger charge is 2.22. The fraction of sp³-hybridized carbons (Fsp3) is 0.468. The summed E-state index contributed by atoms with van der Waals surface area (Å²) in [5.41, 5.74) is 10.1. The minimum absolute atomic E-state index is 0.00553. The first-order valence-electron chi connectivity index (χ1n) is 40.0. The van der Waals surface area contributed by atoms with Crippen LogP contribution in [0.1, 0.15) is 331 Å². The van der Waals surface area contributed by atoms with E-state index < -0.39 is 23.1 Å². The molecule has 0 aliphatic carbocycles. The van der Waals surface area contributed by atoms with Crippen molar-refractivity contribution in [3.05, 3.63) is 229 Å². The number of halogens is 4. The number of carboxylic acids is 2. The SMILES string of the molecule is CCCCC=Cc1ccc(Br)c(C=CCCCC)c1.CCCCC=Cc1ccc(C(=O)OC(C)(C)C)c(C=CCCCC)c1.CCCCCCc1ccc(C(=O)OC(C)(C)C)c(CCCCCC)c1.CPC.O=C(O)c1ccc(Br)c(C(=O)O)c1.O=Cc1ccc(Br)c(C=O)c1.OCc1ccc(Br)c(CO)c1.[B]C1CCCO1. The topological polar surface area (TPSA) is 211 Å². The van der Waals surface area contributed by atoms with Gasteiger partial charge in [0.1, 0.15) is 25.3 Å². The molecule has 0 spiro atoms. The molecule has 0 amide bonds. The first-order valence-corrected chi connectivity index (χ1v) is 45.2. The molecule has 1 aliphatic heterocycles. The van der Waals surface area contributed by atoms with Gasteiger partial charge in [-0.3, -0.25) is 9.59 Å². The molecular weight excluding hydrogens is 1700 g/mol. The first kappa shape index (κ1) is 107. The number of rotatable bonds is 34. The number of aliphatic hydroxyl groups is 2. The number of hydrogen-bond donors (Lipinski definition) is 4. The molecule has 1 fully saturated rings. The highest BCUT2D eigenvalue weighted by molar-refractivity contribution is 9.11. The Hall–Kier alpha value is -6.21. The Kier molecular flexibility index (Phi) is 61.3. The Labute approximate surface area is 715 Å². The fourth-order valence-electron chi connectivity index (χ4n) is 10.3. The van der Waals surface area contributed by atoms with E-state index in [9.17, 15) is 28.8 Å². The number of allylic oxidation sites excluding steroid dienone is 4. The zero-order valence-electron chi connectivity index (χ0n) is 69.9. The van der Waals surface area contributed by atoms with Gasteiger partial charge in [-0.15, -0.1) is 8.58 Å². The van der Waals surface area contributed by atoms with E-state index in [1.165, 1.54) is 148 Å². The Morgan fingerprint density at radius 2 is 0.894 bits per heavy atom. The second-order valence-electron chi connectivity index (χ2n) is 29.0. The summed E-state index contributed by atoms with van der Waals surface area (Å²) in [5, 5.41) is 34.8. The zero-order chi connectivity index (χ0) is 85.0. The Morgan fingerprint density at radius 3 is 1.35 bits per heavy atom. The molecule has 620 valence electrons. The summed E-state index contributed by atoms with van der Waals surface area (Å²) in [4.78, 5) is 66.7. The van der Waals surface area contributed by atoms with E-state index in [1.807, 2.05) is 71.9 Å². The second-order valence-corrected chi connectivity index (χ2v) is 33.5. The third-order valence-electron chi connectivity index (χ3n) is 16.4. The Bertz CT molecular complexity index is 3810. The van der Waals surface area contributed by atoms with Crippen molar-refractivity contribution in [1.29, 1.82) is 0 Å². The van der Waals surface area contributed by atoms with Gasteiger partial charge in [-0.25, -0.2) is 19.2 Å². The number of carbonyl (C=O) groups is 6. The van der Waals surface area contributed by atoms with Crippen LogP contribution in [-0.2, 0) is 40.3 Å². The molecule has 113 heavy (non-hydrogen) atoms. The molecule has 2 radical (unpaired) electrons. The number of esters is 2. The van der Waals surface area contributed by atoms with E-state index in [-0.39, 0.29) is 42.3 Å².